The van der Waals surface area contributed by atoms with Gasteiger partial charge in [0.05, 0.1) is 12.1 Å². The average molecular weight is 355 g/mol. The first-order chi connectivity index (χ1) is 12.6. The van der Waals surface area contributed by atoms with E-state index in [0.29, 0.717) is 5.69 Å². The molecule has 1 aliphatic rings. The Morgan fingerprint density at radius 2 is 1.73 bits per heavy atom. The highest BCUT2D eigenvalue weighted by Gasteiger charge is 2.27. The highest BCUT2D eigenvalue weighted by molar-refractivity contribution is 5.95. The number of nitrogens with zero attached hydrogens (tertiary/aromatic N) is 4. The highest BCUT2D eigenvalue weighted by Crippen LogP contribution is 2.23. The number of aliphatic hydroxyl groups excluding tert-OH is 1. The van der Waals surface area contributed by atoms with Gasteiger partial charge in [-0.2, -0.15) is 0 Å². The minimum absolute atomic E-state index is 0.0671. The fraction of sp³-hybridized carbons (Fsp3) is 0.421. The zero-order chi connectivity index (χ0) is 18.5. The summed E-state index contributed by atoms with van der Waals surface area (Å²) in [5.41, 5.74) is 1.38. The number of hydrogen-bond acceptors (Lipinski definition) is 6. The van der Waals surface area contributed by atoms with Gasteiger partial charge >= 0.3 is 0 Å². The molecule has 2 aromatic rings. The molecule has 2 N–H and O–H groups in total. The zero-order valence-corrected chi connectivity index (χ0v) is 15.2. The number of aliphatic hydroxyl groups is 1. The van der Waals surface area contributed by atoms with E-state index in [9.17, 15) is 9.90 Å². The van der Waals surface area contributed by atoms with Crippen LogP contribution in [-0.4, -0.2) is 58.1 Å². The lowest BCUT2D eigenvalue weighted by Crippen LogP contribution is -2.53. The van der Waals surface area contributed by atoms with E-state index >= 15 is 0 Å². The van der Waals surface area contributed by atoms with Gasteiger partial charge in [0.2, 0.25) is 11.9 Å². The summed E-state index contributed by atoms with van der Waals surface area (Å²) < 4.78 is 0. The quantitative estimate of drug-likeness (QED) is 0.849. The van der Waals surface area contributed by atoms with Gasteiger partial charge in [-0.25, -0.2) is 9.97 Å². The van der Waals surface area contributed by atoms with Gasteiger partial charge in [-0.3, -0.25) is 9.69 Å². The van der Waals surface area contributed by atoms with Crippen LogP contribution in [-0.2, 0) is 4.79 Å². The van der Waals surface area contributed by atoms with Crippen molar-refractivity contribution in [2.45, 2.75) is 26.0 Å². The van der Waals surface area contributed by atoms with Gasteiger partial charge in [0.15, 0.2) is 0 Å². The van der Waals surface area contributed by atoms with E-state index in [4.69, 9.17) is 0 Å². The minimum atomic E-state index is -0.628. The van der Waals surface area contributed by atoms with Crippen molar-refractivity contribution in [1.29, 1.82) is 0 Å². The molecule has 0 bridgehead atoms. The molecular formula is C19H25N5O2. The van der Waals surface area contributed by atoms with E-state index < -0.39 is 6.10 Å². The summed E-state index contributed by atoms with van der Waals surface area (Å²) >= 11 is 0. The molecule has 0 saturated carbocycles. The summed E-state index contributed by atoms with van der Waals surface area (Å²) in [4.78, 5) is 25.5. The maximum atomic E-state index is 12.7. The highest BCUT2D eigenvalue weighted by atomic mass is 16.3. The van der Waals surface area contributed by atoms with Gasteiger partial charge in [0.25, 0.3) is 0 Å². The molecule has 1 aromatic carbocycles. The Bertz CT molecular complexity index is 730. The van der Waals surface area contributed by atoms with Crippen LogP contribution in [0.4, 0.5) is 11.6 Å². The molecule has 0 aliphatic carbocycles. The van der Waals surface area contributed by atoms with Crippen molar-refractivity contribution < 1.29 is 9.90 Å². The van der Waals surface area contributed by atoms with E-state index in [0.717, 1.165) is 37.7 Å². The van der Waals surface area contributed by atoms with Crippen molar-refractivity contribution in [2.75, 3.05) is 36.4 Å². The summed E-state index contributed by atoms with van der Waals surface area (Å²) in [6.45, 7) is 6.71. The maximum absolute atomic E-state index is 12.7. The number of anilines is 2. The minimum Gasteiger partial charge on any atom is -0.389 e. The molecule has 2 atom stereocenters. The second kappa shape index (κ2) is 8.25. The Morgan fingerprint density at radius 3 is 2.38 bits per heavy atom. The fourth-order valence-electron chi connectivity index (χ4n) is 3.14. The summed E-state index contributed by atoms with van der Waals surface area (Å²) in [7, 11) is 0. The lowest BCUT2D eigenvalue weighted by molar-refractivity contribution is -0.120. The predicted molar refractivity (Wildman–Crippen MR) is 101 cm³/mol. The Morgan fingerprint density at radius 1 is 1.08 bits per heavy atom. The molecule has 1 aliphatic heterocycles. The molecule has 1 saturated heterocycles. The number of rotatable bonds is 5. The van der Waals surface area contributed by atoms with Crippen LogP contribution in [0, 0.1) is 0 Å². The normalized spacial score (nSPS) is 17.6. The number of nitrogens with one attached hydrogen (secondary N) is 1. The van der Waals surface area contributed by atoms with E-state index in [-0.39, 0.29) is 11.9 Å². The number of benzene rings is 1. The molecule has 0 unspecified atom stereocenters. The van der Waals surface area contributed by atoms with Crippen molar-refractivity contribution in [3.8, 4) is 0 Å². The molecule has 0 spiro atoms. The number of carbonyl (C=O) groups is 1. The first kappa shape index (κ1) is 18.3. The molecule has 0 radical (unpaired) electrons. The van der Waals surface area contributed by atoms with Crippen LogP contribution >= 0.6 is 0 Å². The smallest absolute Gasteiger partial charge is 0.241 e. The Labute approximate surface area is 153 Å². The molecule has 7 nitrogen and oxygen atoms in total. The molecular weight excluding hydrogens is 330 g/mol. The standard InChI is InChI=1S/C19H25N5O2/c1-14(18(26)22-17-7-4-3-6-16(17)15(2)25)23-10-12-24(13-11-23)19-20-8-5-9-21-19/h3-9,14-15,25H,10-13H2,1-2H3,(H,22,26)/t14-,15-/m1/s1. The molecule has 2 heterocycles. The summed E-state index contributed by atoms with van der Waals surface area (Å²) in [6.07, 6.45) is 2.85. The predicted octanol–water partition coefficient (Wildman–Crippen LogP) is 1.68. The van der Waals surface area contributed by atoms with Crippen molar-refractivity contribution in [1.82, 2.24) is 14.9 Å². The third kappa shape index (κ3) is 4.17. The molecule has 7 heteroatoms. The van der Waals surface area contributed by atoms with E-state index in [1.807, 2.05) is 31.2 Å². The van der Waals surface area contributed by atoms with Crippen LogP contribution < -0.4 is 10.2 Å². The van der Waals surface area contributed by atoms with Crippen LogP contribution in [0.5, 0.6) is 0 Å². The van der Waals surface area contributed by atoms with Crippen LogP contribution in [0.3, 0.4) is 0 Å². The van der Waals surface area contributed by atoms with Crippen molar-refractivity contribution in [2.24, 2.45) is 0 Å². The van der Waals surface area contributed by atoms with Gasteiger partial charge in [-0.05, 0) is 26.0 Å². The van der Waals surface area contributed by atoms with Crippen molar-refractivity contribution in [3.63, 3.8) is 0 Å². The number of hydrogen-bond donors (Lipinski definition) is 2. The monoisotopic (exact) mass is 355 g/mol. The number of amides is 1. The van der Waals surface area contributed by atoms with Crippen LogP contribution in [0.2, 0.25) is 0 Å². The number of piperazine rings is 1. The van der Waals surface area contributed by atoms with Crippen LogP contribution in [0.1, 0.15) is 25.5 Å². The number of carbonyl (C=O) groups excluding carboxylic acids is 1. The van der Waals surface area contributed by atoms with Crippen molar-refractivity contribution in [3.05, 3.63) is 48.3 Å². The third-order valence-corrected chi connectivity index (χ3v) is 4.75. The van der Waals surface area contributed by atoms with Gasteiger partial charge in [0.1, 0.15) is 0 Å². The van der Waals surface area contributed by atoms with Gasteiger partial charge in [0, 0.05) is 49.8 Å². The lowest BCUT2D eigenvalue weighted by atomic mass is 10.1. The summed E-state index contributed by atoms with van der Waals surface area (Å²) in [5.74, 6) is 0.664. The van der Waals surface area contributed by atoms with Gasteiger partial charge in [-0.15, -0.1) is 0 Å². The molecule has 3 rings (SSSR count). The van der Waals surface area contributed by atoms with E-state index in [2.05, 4.69) is 25.1 Å². The van der Waals surface area contributed by atoms with E-state index in [1.165, 1.54) is 0 Å². The largest absolute Gasteiger partial charge is 0.389 e. The maximum Gasteiger partial charge on any atom is 0.241 e. The third-order valence-electron chi connectivity index (χ3n) is 4.75. The first-order valence-corrected chi connectivity index (χ1v) is 8.90. The zero-order valence-electron chi connectivity index (χ0n) is 15.2. The fourth-order valence-corrected chi connectivity index (χ4v) is 3.14. The molecule has 1 fully saturated rings. The molecule has 1 aromatic heterocycles. The Kier molecular flexibility index (Phi) is 5.80. The summed E-state index contributed by atoms with van der Waals surface area (Å²) in [5, 5.41) is 12.8. The van der Waals surface area contributed by atoms with E-state index in [1.54, 1.807) is 25.4 Å². The van der Waals surface area contributed by atoms with Crippen LogP contribution in [0.25, 0.3) is 0 Å². The number of aromatic nitrogens is 2. The Hall–Kier alpha value is -2.51. The summed E-state index contributed by atoms with van der Waals surface area (Å²) in [6, 6.07) is 8.89. The second-order valence-corrected chi connectivity index (χ2v) is 6.50. The first-order valence-electron chi connectivity index (χ1n) is 8.90. The van der Waals surface area contributed by atoms with Crippen molar-refractivity contribution >= 4 is 17.5 Å². The topological polar surface area (TPSA) is 81.6 Å². The van der Waals surface area contributed by atoms with Crippen LogP contribution in [0.15, 0.2) is 42.7 Å². The average Bonchev–Trinajstić information content (AvgIpc) is 2.68. The second-order valence-electron chi connectivity index (χ2n) is 6.50. The molecule has 1 amide bonds. The van der Waals surface area contributed by atoms with Gasteiger partial charge < -0.3 is 15.3 Å². The SMILES string of the molecule is C[C@H](C(=O)Nc1ccccc1[C@@H](C)O)N1CCN(c2ncccn2)CC1. The molecule has 138 valence electrons. The lowest BCUT2D eigenvalue weighted by Gasteiger charge is -2.37. The molecule has 26 heavy (non-hydrogen) atoms. The number of para-hydroxylation sites is 1. The van der Waals surface area contributed by atoms with Gasteiger partial charge in [-0.1, -0.05) is 18.2 Å². The Balaban J connectivity index is 1.58.